The van der Waals surface area contributed by atoms with Crippen LogP contribution >= 0.6 is 0 Å². The van der Waals surface area contributed by atoms with E-state index >= 15 is 0 Å². The fraction of sp³-hybridized carbons (Fsp3) is 1.00. The van der Waals surface area contributed by atoms with Gasteiger partial charge < -0.3 is 193 Å². The average Bonchev–Trinajstić information content (AvgIpc) is 0.985. The largest absolute Gasteiger partial charge is 0.394 e. The molecule has 30 heterocycles. The fourth-order valence-electron chi connectivity index (χ4n) is 12.1. The first-order valence-electron chi connectivity index (χ1n) is 28.5. The number of aliphatic hydroxyl groups excluding tert-OH is 23. The van der Waals surface area contributed by atoms with Gasteiger partial charge in [-0.05, 0) is 6.42 Å². The van der Waals surface area contributed by atoms with Crippen LogP contribution in [0.1, 0.15) is 13.3 Å². The van der Waals surface area contributed by atoms with Crippen molar-refractivity contribution in [2.75, 3.05) is 46.2 Å². The van der Waals surface area contributed by atoms with Gasteiger partial charge in [0.2, 0.25) is 0 Å². The molecule has 16 unspecified atom stereocenters. The first-order valence-corrected chi connectivity index (χ1v) is 28.5. The lowest BCUT2D eigenvalue weighted by Gasteiger charge is -2.50. The Kier molecular flexibility index (Phi) is 24.1. The van der Waals surface area contributed by atoms with Crippen LogP contribution in [0.2, 0.25) is 0 Å². The van der Waals surface area contributed by atoms with Crippen LogP contribution in [-0.4, -0.2) is 409 Å². The number of hydrogen-bond donors (Lipinski definition) is 23. The zero-order valence-corrected chi connectivity index (χ0v) is 46.6. The Morgan fingerprint density at radius 3 is 0.398 bits per heavy atom. The molecule has 88 heavy (non-hydrogen) atoms. The van der Waals surface area contributed by atoms with Gasteiger partial charge in [0.25, 0.3) is 0 Å². The molecule has 0 amide bonds. The molecule has 0 saturated carbocycles. The van der Waals surface area contributed by atoms with E-state index in [9.17, 15) is 117 Å². The summed E-state index contributed by atoms with van der Waals surface area (Å²) in [6.45, 7) is -5.88. The predicted molar refractivity (Wildman–Crippen MR) is 264 cm³/mol. The van der Waals surface area contributed by atoms with Crippen molar-refractivity contribution in [2.45, 2.75) is 259 Å². The van der Waals surface area contributed by atoms with E-state index in [4.69, 9.17) is 75.8 Å². The Hall–Kier alpha value is -1.56. The lowest BCUT2D eigenvalue weighted by molar-refractivity contribution is -0.403. The molecular formula is C49H82O39. The predicted octanol–water partition coefficient (Wildman–Crippen LogP) is -16.0. The van der Waals surface area contributed by atoms with Crippen LogP contribution in [0.4, 0.5) is 0 Å². The van der Waals surface area contributed by atoms with Crippen molar-refractivity contribution in [3.63, 3.8) is 0 Å². The third-order valence-electron chi connectivity index (χ3n) is 17.1. The Bertz CT molecular complexity index is 1700. The fourth-order valence-corrected chi connectivity index (χ4v) is 12.1. The zero-order chi connectivity index (χ0) is 64.1. The molecule has 0 aromatic rings. The summed E-state index contributed by atoms with van der Waals surface area (Å²) < 4.78 is 91.9. The molecule has 30 fully saturated rings. The second kappa shape index (κ2) is 30.0. The first-order chi connectivity index (χ1) is 41.9. The van der Waals surface area contributed by atoms with Crippen LogP contribution < -0.4 is 0 Å². The summed E-state index contributed by atoms with van der Waals surface area (Å²) in [5, 5.41) is 255. The number of rotatable bonds is 8. The van der Waals surface area contributed by atoms with Crippen LogP contribution in [0.5, 0.6) is 0 Å². The lowest BCUT2D eigenvalue weighted by atomic mass is 9.94. The highest BCUT2D eigenvalue weighted by atomic mass is 16.8. The van der Waals surface area contributed by atoms with Gasteiger partial charge in [0, 0.05) is 0 Å². The molecule has 39 heteroatoms. The van der Waals surface area contributed by atoms with Crippen LogP contribution in [0.3, 0.4) is 0 Å². The molecule has 0 spiro atoms. The Morgan fingerprint density at radius 1 is 0.170 bits per heavy atom. The number of hydrogen-bond acceptors (Lipinski definition) is 39. The van der Waals surface area contributed by atoms with Crippen LogP contribution in [0.25, 0.3) is 0 Å². The summed E-state index contributed by atoms with van der Waals surface area (Å²) in [5.41, 5.74) is 0. The normalized spacial score (nSPS) is 55.4. The van der Waals surface area contributed by atoms with Crippen molar-refractivity contribution < 1.29 is 193 Å². The molecule has 30 aliphatic heterocycles. The monoisotopic (exact) mass is 1290 g/mol. The second-order valence-electron chi connectivity index (χ2n) is 22.7. The van der Waals surface area contributed by atoms with Crippen molar-refractivity contribution in [3.05, 3.63) is 0 Å². The molecule has 0 aliphatic carbocycles. The van der Waals surface area contributed by atoms with Gasteiger partial charge in [-0.2, -0.15) is 0 Å². The quantitative estimate of drug-likeness (QED) is 0.107. The van der Waals surface area contributed by atoms with Gasteiger partial charge in [0.15, 0.2) is 50.3 Å². The van der Waals surface area contributed by atoms with Crippen molar-refractivity contribution >= 4 is 0 Å². The van der Waals surface area contributed by atoms with Gasteiger partial charge in [0.05, 0.1) is 52.4 Å². The van der Waals surface area contributed by atoms with E-state index in [2.05, 4.69) is 0 Å². The average molecular weight is 1300 g/mol. The molecule has 0 radical (unpaired) electrons. The Labute approximate surface area is 497 Å². The molecule has 23 N–H and O–H groups in total. The summed E-state index contributed by atoms with van der Waals surface area (Å²) >= 11 is 0. The molecule has 30 saturated heterocycles. The van der Waals surface area contributed by atoms with Crippen LogP contribution in [0, 0.1) is 0 Å². The maximum absolute atomic E-state index is 11.5. The summed E-state index contributed by atoms with van der Waals surface area (Å²) in [6.07, 6.45) is -79.8. The highest BCUT2D eigenvalue weighted by Gasteiger charge is 2.60. The highest BCUT2D eigenvalue weighted by Crippen LogP contribution is 2.40. The third-order valence-corrected chi connectivity index (χ3v) is 17.1. The maximum Gasteiger partial charge on any atom is 0.187 e. The van der Waals surface area contributed by atoms with Crippen molar-refractivity contribution in [2.24, 2.45) is 0 Å². The van der Waals surface area contributed by atoms with Gasteiger partial charge in [-0.3, -0.25) is 0 Å². The molecule has 30 aliphatic rings. The summed E-state index contributed by atoms with van der Waals surface area (Å²) in [7, 11) is 0. The molecular weight excluding hydrogens is 1210 g/mol. The first kappa shape index (κ1) is 70.7. The van der Waals surface area contributed by atoms with Gasteiger partial charge in [-0.25, -0.2) is 0 Å². The minimum absolute atomic E-state index is 0.0801. The maximum atomic E-state index is 11.5. The molecule has 16 bridgehead atoms. The van der Waals surface area contributed by atoms with E-state index in [1.54, 1.807) is 0 Å². The highest BCUT2D eigenvalue weighted by molar-refractivity contribution is 5.02. The van der Waals surface area contributed by atoms with Crippen LogP contribution in [-0.2, 0) is 75.8 Å². The Balaban J connectivity index is 0.975. The van der Waals surface area contributed by atoms with Gasteiger partial charge >= 0.3 is 0 Å². The van der Waals surface area contributed by atoms with E-state index in [0.29, 0.717) is 0 Å². The van der Waals surface area contributed by atoms with E-state index in [0.717, 1.165) is 0 Å². The van der Waals surface area contributed by atoms with Crippen molar-refractivity contribution in [1.29, 1.82) is 0 Å². The van der Waals surface area contributed by atoms with Gasteiger partial charge in [-0.1, -0.05) is 6.92 Å². The second-order valence-corrected chi connectivity index (χ2v) is 22.7. The number of aliphatic hydroxyl groups is 23. The van der Waals surface area contributed by atoms with Crippen molar-refractivity contribution in [1.82, 2.24) is 0 Å². The topological polar surface area (TPSA) is 613 Å². The minimum Gasteiger partial charge on any atom is -0.394 e. The molecule has 30 rings (SSSR count). The summed E-state index contributed by atoms with van der Waals surface area (Å²) in [4.78, 5) is 0. The van der Waals surface area contributed by atoms with Crippen molar-refractivity contribution in [3.8, 4) is 0 Å². The summed E-state index contributed by atoms with van der Waals surface area (Å²) in [6, 6.07) is 0. The van der Waals surface area contributed by atoms with E-state index in [-0.39, 0.29) is 6.42 Å². The third kappa shape index (κ3) is 13.8. The van der Waals surface area contributed by atoms with E-state index < -0.39 is 292 Å². The minimum atomic E-state index is -2.24. The molecule has 0 aromatic heterocycles. The molecule has 39 nitrogen and oxygen atoms in total. The van der Waals surface area contributed by atoms with E-state index in [1.165, 1.54) is 6.92 Å². The molecule has 40 atom stereocenters. The smallest absolute Gasteiger partial charge is 0.187 e. The van der Waals surface area contributed by atoms with Gasteiger partial charge in [0.1, 0.15) is 189 Å². The standard InChI is InChI=1S/C49H82O39/c1-2-10-34-18(57)26(65)42(73-10)82-35-11(3-50)75-44(28(67)20(35)59)84-37-13(5-52)77-46(30(69)22(37)61)86-39-15(7-54)79-48(32(71)24(39)63)88-41-17(9-56)80-49(33(72)25(41)64)87-40-16(8-55)78-47(31(70)23(40)62)85-38-14(6-53)76-45(29(68)21(38)60)83-36-12(4-51)74-43(81-34)27(66)19(36)58/h10-72H,2-9H2,1H3/t10?,11?,12?,13?,14?,15?,16?,17?,18-,19-,20-,21-,22-,23-,24-,25-,26?,27?,28?,29?,30?,31?,32?,33?,34-,35-,36-,37-,38-,39-,40-,41-,42+,43-,44+,45+,46-,47-,48-,49-/m1/s1. The Morgan fingerprint density at radius 2 is 0.284 bits per heavy atom. The summed E-state index contributed by atoms with van der Waals surface area (Å²) in [5.74, 6) is 0. The molecule has 512 valence electrons. The zero-order valence-electron chi connectivity index (χ0n) is 46.6. The number of ether oxygens (including phenoxy) is 16. The van der Waals surface area contributed by atoms with Gasteiger partial charge in [-0.15, -0.1) is 0 Å². The lowest BCUT2D eigenvalue weighted by Crippen LogP contribution is -2.69. The van der Waals surface area contributed by atoms with E-state index in [1.807, 2.05) is 0 Å². The SMILES string of the molecule is CCC1O[C@H]2O[C@@H]3C(CO)O[C@@H](O[C@@H]4C(CO)O[C@H](O[C@@H]5C(CO)O[C@H](O[C@@H]6C(CO)O[C@H](O[C@@H]7C(CO)O[C@H](O[C@@H]8C(CO)O[C@@H](O[C@@H]9C(CO)O[C@H](O[C@H]1[C@H](O)C2O)C(O)[C@H]9O)C(O)[C@H]8O)C(O)[C@H]7O)C(O)[C@H]6O)C(O)[C@H]5O)C(O)[C@H]4O)C(O)[C@H]3O. The van der Waals surface area contributed by atoms with Crippen LogP contribution in [0.15, 0.2) is 0 Å². The molecule has 0 aromatic carbocycles.